The van der Waals surface area contributed by atoms with Gasteiger partial charge in [-0.25, -0.2) is 0 Å². The molecule has 2 aromatic rings. The average Bonchev–Trinajstić information content (AvgIpc) is 2.49. The Morgan fingerprint density at radius 2 is 1.64 bits per heavy atom. The number of ether oxygens (including phenoxy) is 1. The van der Waals surface area contributed by atoms with Gasteiger partial charge < -0.3 is 4.74 Å². The van der Waals surface area contributed by atoms with Crippen LogP contribution in [0.3, 0.4) is 0 Å². The Kier molecular flexibility index (Phi) is 6.20. The maximum Gasteiger partial charge on any atom is 0.387 e. The third kappa shape index (κ3) is 4.99. The highest BCUT2D eigenvalue weighted by atomic mass is 35.5. The Labute approximate surface area is 134 Å². The topological polar surface area (TPSA) is 9.23 Å². The molecule has 0 spiro atoms. The minimum Gasteiger partial charge on any atom is -0.435 e. The number of benzene rings is 2. The van der Waals surface area contributed by atoms with Crippen molar-refractivity contribution in [3.63, 3.8) is 0 Å². The molecule has 0 aliphatic heterocycles. The van der Waals surface area contributed by atoms with Gasteiger partial charge >= 0.3 is 6.61 Å². The molecule has 0 aliphatic rings. The summed E-state index contributed by atoms with van der Waals surface area (Å²) in [5.41, 5.74) is 2.36. The van der Waals surface area contributed by atoms with Gasteiger partial charge in [0.15, 0.2) is 0 Å². The number of rotatable bonds is 7. The lowest BCUT2D eigenvalue weighted by molar-refractivity contribution is -0.0498. The van der Waals surface area contributed by atoms with Crippen molar-refractivity contribution in [1.82, 2.24) is 0 Å². The molecule has 118 valence electrons. The number of halogens is 3. The smallest absolute Gasteiger partial charge is 0.387 e. The minimum atomic E-state index is -2.79. The fourth-order valence-electron chi connectivity index (χ4n) is 2.56. The van der Waals surface area contributed by atoms with Crippen LogP contribution in [0.4, 0.5) is 8.78 Å². The SMILES string of the molecule is CCCC(Cc1ccc(Cl)cc1)c1ccc(OC(F)F)cc1. The van der Waals surface area contributed by atoms with Crippen molar-refractivity contribution in [2.24, 2.45) is 0 Å². The molecule has 0 amide bonds. The van der Waals surface area contributed by atoms with E-state index >= 15 is 0 Å². The summed E-state index contributed by atoms with van der Waals surface area (Å²) in [4.78, 5) is 0. The second-order valence-corrected chi connectivity index (χ2v) is 5.70. The third-order valence-electron chi connectivity index (χ3n) is 3.61. The van der Waals surface area contributed by atoms with E-state index in [0.717, 1.165) is 29.8 Å². The van der Waals surface area contributed by atoms with Gasteiger partial charge in [0.05, 0.1) is 0 Å². The van der Waals surface area contributed by atoms with Crippen LogP contribution < -0.4 is 4.74 Å². The van der Waals surface area contributed by atoms with Crippen LogP contribution in [0.1, 0.15) is 36.8 Å². The summed E-state index contributed by atoms with van der Waals surface area (Å²) < 4.78 is 28.8. The van der Waals surface area contributed by atoms with Gasteiger partial charge in [-0.3, -0.25) is 0 Å². The van der Waals surface area contributed by atoms with Crippen LogP contribution in [-0.2, 0) is 6.42 Å². The van der Waals surface area contributed by atoms with E-state index in [9.17, 15) is 8.78 Å². The summed E-state index contributed by atoms with van der Waals surface area (Å²) in [6.45, 7) is -0.644. The summed E-state index contributed by atoms with van der Waals surface area (Å²) in [5.74, 6) is 0.548. The van der Waals surface area contributed by atoms with Crippen LogP contribution in [0, 0.1) is 0 Å². The Balaban J connectivity index is 2.11. The largest absolute Gasteiger partial charge is 0.435 e. The van der Waals surface area contributed by atoms with Gasteiger partial charge in [-0.15, -0.1) is 0 Å². The predicted molar refractivity (Wildman–Crippen MR) is 85.9 cm³/mol. The van der Waals surface area contributed by atoms with Gasteiger partial charge in [0.25, 0.3) is 0 Å². The lowest BCUT2D eigenvalue weighted by atomic mass is 9.88. The Hall–Kier alpha value is -1.61. The first-order valence-corrected chi connectivity index (χ1v) is 7.75. The molecule has 1 nitrogen and oxygen atoms in total. The van der Waals surface area contributed by atoms with E-state index in [4.69, 9.17) is 11.6 Å². The quantitative estimate of drug-likeness (QED) is 0.600. The number of hydrogen-bond acceptors (Lipinski definition) is 1. The summed E-state index contributed by atoms with van der Waals surface area (Å²) >= 11 is 5.91. The highest BCUT2D eigenvalue weighted by molar-refractivity contribution is 6.30. The molecule has 0 saturated carbocycles. The van der Waals surface area contributed by atoms with Gasteiger partial charge in [-0.05, 0) is 54.2 Å². The van der Waals surface area contributed by atoms with Crippen LogP contribution >= 0.6 is 11.6 Å². The molecule has 22 heavy (non-hydrogen) atoms. The molecule has 0 N–H and O–H groups in total. The molecule has 2 rings (SSSR count). The molecule has 0 radical (unpaired) electrons. The lowest BCUT2D eigenvalue weighted by Crippen LogP contribution is -2.04. The van der Waals surface area contributed by atoms with Crippen molar-refractivity contribution in [3.05, 3.63) is 64.7 Å². The van der Waals surface area contributed by atoms with Crippen LogP contribution in [0.2, 0.25) is 5.02 Å². The second-order valence-electron chi connectivity index (χ2n) is 5.26. The fraction of sp³-hybridized carbons (Fsp3) is 0.333. The summed E-state index contributed by atoms with van der Waals surface area (Å²) in [5, 5.41) is 0.726. The number of alkyl halides is 2. The summed E-state index contributed by atoms with van der Waals surface area (Å²) in [6.07, 6.45) is 3.01. The molecule has 4 heteroatoms. The van der Waals surface area contributed by atoms with Gasteiger partial charge in [0.2, 0.25) is 0 Å². The van der Waals surface area contributed by atoms with Crippen molar-refractivity contribution in [2.75, 3.05) is 0 Å². The Morgan fingerprint density at radius 3 is 2.18 bits per heavy atom. The van der Waals surface area contributed by atoms with Gasteiger partial charge in [-0.2, -0.15) is 8.78 Å². The predicted octanol–water partition coefficient (Wildman–Crippen LogP) is 6.07. The fourth-order valence-corrected chi connectivity index (χ4v) is 2.69. The maximum atomic E-state index is 12.2. The van der Waals surface area contributed by atoms with E-state index in [0.29, 0.717) is 5.92 Å². The molecular formula is C18H19ClF2O. The molecule has 1 unspecified atom stereocenters. The third-order valence-corrected chi connectivity index (χ3v) is 3.86. The van der Waals surface area contributed by atoms with E-state index in [1.54, 1.807) is 12.1 Å². The molecular weight excluding hydrogens is 306 g/mol. The summed E-state index contributed by atoms with van der Waals surface area (Å²) in [6, 6.07) is 14.8. The van der Waals surface area contributed by atoms with E-state index in [-0.39, 0.29) is 5.75 Å². The Morgan fingerprint density at radius 1 is 1.00 bits per heavy atom. The van der Waals surface area contributed by atoms with Crippen LogP contribution in [-0.4, -0.2) is 6.61 Å². The molecule has 0 saturated heterocycles. The van der Waals surface area contributed by atoms with Crippen molar-refractivity contribution < 1.29 is 13.5 Å². The first kappa shape index (κ1) is 16.8. The minimum absolute atomic E-state index is 0.195. The normalized spacial score (nSPS) is 12.4. The molecule has 1 atom stereocenters. The van der Waals surface area contributed by atoms with E-state index in [1.165, 1.54) is 5.56 Å². The Bertz CT molecular complexity index is 567. The van der Waals surface area contributed by atoms with Gasteiger partial charge in [0.1, 0.15) is 5.75 Å². The molecule has 0 aromatic heterocycles. The summed E-state index contributed by atoms with van der Waals surface area (Å²) in [7, 11) is 0. The van der Waals surface area contributed by atoms with Crippen molar-refractivity contribution >= 4 is 11.6 Å². The molecule has 0 aliphatic carbocycles. The zero-order valence-electron chi connectivity index (χ0n) is 12.4. The first-order valence-electron chi connectivity index (χ1n) is 7.37. The van der Waals surface area contributed by atoms with Crippen molar-refractivity contribution in [1.29, 1.82) is 0 Å². The second kappa shape index (κ2) is 8.14. The maximum absolute atomic E-state index is 12.2. The average molecular weight is 325 g/mol. The standard InChI is InChI=1S/C18H19ClF2O/c1-2-3-15(12-13-4-8-16(19)9-5-13)14-6-10-17(11-7-14)22-18(20)21/h4-11,15,18H,2-3,12H2,1H3. The zero-order valence-corrected chi connectivity index (χ0v) is 13.2. The van der Waals surface area contributed by atoms with E-state index < -0.39 is 6.61 Å². The molecule has 0 heterocycles. The van der Waals surface area contributed by atoms with Crippen LogP contribution in [0.25, 0.3) is 0 Å². The van der Waals surface area contributed by atoms with Gasteiger partial charge in [0, 0.05) is 5.02 Å². The van der Waals surface area contributed by atoms with Crippen LogP contribution in [0.5, 0.6) is 5.75 Å². The monoisotopic (exact) mass is 324 g/mol. The van der Waals surface area contributed by atoms with Crippen molar-refractivity contribution in [2.45, 2.75) is 38.7 Å². The number of hydrogen-bond donors (Lipinski definition) is 0. The van der Waals surface area contributed by atoms with Crippen LogP contribution in [0.15, 0.2) is 48.5 Å². The highest BCUT2D eigenvalue weighted by Gasteiger charge is 2.12. The molecule has 0 fully saturated rings. The zero-order chi connectivity index (χ0) is 15.9. The van der Waals surface area contributed by atoms with Crippen molar-refractivity contribution in [3.8, 4) is 5.75 Å². The van der Waals surface area contributed by atoms with E-state index in [2.05, 4.69) is 11.7 Å². The molecule has 2 aromatic carbocycles. The first-order chi connectivity index (χ1) is 10.6. The lowest BCUT2D eigenvalue weighted by Gasteiger charge is -2.17. The highest BCUT2D eigenvalue weighted by Crippen LogP contribution is 2.28. The van der Waals surface area contributed by atoms with E-state index in [1.807, 2.05) is 36.4 Å². The van der Waals surface area contributed by atoms with Gasteiger partial charge in [-0.1, -0.05) is 49.2 Å². The molecule has 0 bridgehead atoms.